The molecular weight excluding hydrogens is 234 g/mol. The van der Waals surface area contributed by atoms with E-state index in [-0.39, 0.29) is 0 Å². The normalized spacial score (nSPS) is 17.0. The molecule has 0 saturated heterocycles. The summed E-state index contributed by atoms with van der Waals surface area (Å²) in [5, 5.41) is 0. The number of nitrogens with zero attached hydrogens (tertiary/aromatic N) is 1. The number of rotatable bonds is 6. The summed E-state index contributed by atoms with van der Waals surface area (Å²) in [5.41, 5.74) is 2.96. The van der Waals surface area contributed by atoms with Gasteiger partial charge in [-0.05, 0) is 48.6 Å². The van der Waals surface area contributed by atoms with Gasteiger partial charge in [-0.3, -0.25) is 4.90 Å². The highest BCUT2D eigenvalue weighted by molar-refractivity contribution is 5.37. The Balaban J connectivity index is 1.97. The number of fused-ring (bicyclic) bond motifs is 1. The Morgan fingerprint density at radius 3 is 2.84 bits per heavy atom. The maximum atomic E-state index is 5.89. The van der Waals surface area contributed by atoms with Gasteiger partial charge < -0.3 is 4.74 Å². The fourth-order valence-electron chi connectivity index (χ4n) is 2.54. The third-order valence-corrected chi connectivity index (χ3v) is 4.04. The van der Waals surface area contributed by atoms with Crippen molar-refractivity contribution in [1.29, 1.82) is 0 Å². The summed E-state index contributed by atoms with van der Waals surface area (Å²) in [6.07, 6.45) is 3.58. The smallest absolute Gasteiger partial charge is 0.119 e. The fourth-order valence-corrected chi connectivity index (χ4v) is 2.54. The first-order valence-corrected chi connectivity index (χ1v) is 7.69. The van der Waals surface area contributed by atoms with Crippen LogP contribution < -0.4 is 4.74 Å². The highest BCUT2D eigenvalue weighted by Crippen LogP contribution is 2.24. The zero-order chi connectivity index (χ0) is 13.7. The Bertz CT molecular complexity index is 402. The highest BCUT2D eigenvalue weighted by atomic mass is 16.5. The summed E-state index contributed by atoms with van der Waals surface area (Å²) in [5.74, 6) is 1.68. The highest BCUT2D eigenvalue weighted by Gasteiger charge is 2.16. The van der Waals surface area contributed by atoms with E-state index in [1.165, 1.54) is 37.1 Å². The predicted molar refractivity (Wildman–Crippen MR) is 80.7 cm³/mol. The number of hydrogen-bond acceptors (Lipinski definition) is 2. The molecule has 2 rings (SSSR count). The van der Waals surface area contributed by atoms with Gasteiger partial charge in [0, 0.05) is 13.1 Å². The predicted octanol–water partition coefficient (Wildman–Crippen LogP) is 3.88. The first-order valence-electron chi connectivity index (χ1n) is 7.69. The van der Waals surface area contributed by atoms with E-state index < -0.39 is 0 Å². The molecule has 0 aromatic heterocycles. The lowest BCUT2D eigenvalue weighted by Crippen LogP contribution is -2.31. The zero-order valence-corrected chi connectivity index (χ0v) is 12.6. The van der Waals surface area contributed by atoms with Gasteiger partial charge in [-0.15, -0.1) is 0 Å². The van der Waals surface area contributed by atoms with Crippen molar-refractivity contribution >= 4 is 0 Å². The van der Waals surface area contributed by atoms with Crippen LogP contribution in [0, 0.1) is 5.92 Å². The van der Waals surface area contributed by atoms with Gasteiger partial charge in [0.1, 0.15) is 5.75 Å². The van der Waals surface area contributed by atoms with Crippen LogP contribution in [0.25, 0.3) is 0 Å². The molecule has 0 fully saturated rings. The van der Waals surface area contributed by atoms with Crippen LogP contribution in [0.3, 0.4) is 0 Å². The molecule has 0 amide bonds. The van der Waals surface area contributed by atoms with E-state index in [0.717, 1.165) is 25.3 Å². The molecule has 2 nitrogen and oxygen atoms in total. The zero-order valence-electron chi connectivity index (χ0n) is 12.6. The Kier molecular flexibility index (Phi) is 5.26. The Labute approximate surface area is 117 Å². The van der Waals surface area contributed by atoms with Crippen molar-refractivity contribution in [2.24, 2.45) is 5.92 Å². The molecule has 19 heavy (non-hydrogen) atoms. The van der Waals surface area contributed by atoms with Crippen LogP contribution in [0.5, 0.6) is 5.75 Å². The van der Waals surface area contributed by atoms with Crippen LogP contribution in [-0.2, 0) is 13.0 Å². The summed E-state index contributed by atoms with van der Waals surface area (Å²) in [6.45, 7) is 11.0. The molecule has 1 aromatic rings. The minimum atomic E-state index is 0.635. The van der Waals surface area contributed by atoms with E-state index >= 15 is 0 Å². The summed E-state index contributed by atoms with van der Waals surface area (Å²) in [4.78, 5) is 2.54. The molecule has 0 bridgehead atoms. The third kappa shape index (κ3) is 3.97. The third-order valence-electron chi connectivity index (χ3n) is 4.04. The van der Waals surface area contributed by atoms with E-state index in [1.807, 2.05) is 0 Å². The lowest BCUT2D eigenvalue weighted by Gasteiger charge is -2.28. The molecule has 0 unspecified atom stereocenters. The summed E-state index contributed by atoms with van der Waals surface area (Å²) in [7, 11) is 0. The largest absolute Gasteiger partial charge is 0.493 e. The standard InChI is InChI=1S/C17H27NO/c1-4-9-18-10-8-15-11-17(7-6-16(15)12-18)19-13-14(3)5-2/h6-7,11,14H,4-5,8-10,12-13H2,1-3H3/t14-/m0/s1. The number of ether oxygens (including phenoxy) is 1. The van der Waals surface area contributed by atoms with Gasteiger partial charge in [-0.1, -0.05) is 33.3 Å². The summed E-state index contributed by atoms with van der Waals surface area (Å²) in [6, 6.07) is 6.64. The van der Waals surface area contributed by atoms with E-state index in [0.29, 0.717) is 5.92 Å². The van der Waals surface area contributed by atoms with Crippen molar-refractivity contribution in [3.05, 3.63) is 29.3 Å². The van der Waals surface area contributed by atoms with E-state index in [2.05, 4.69) is 43.9 Å². The van der Waals surface area contributed by atoms with Crippen molar-refractivity contribution in [2.45, 2.75) is 46.6 Å². The van der Waals surface area contributed by atoms with Crippen LogP contribution in [0.2, 0.25) is 0 Å². The van der Waals surface area contributed by atoms with Crippen molar-refractivity contribution in [2.75, 3.05) is 19.7 Å². The van der Waals surface area contributed by atoms with Gasteiger partial charge in [0.15, 0.2) is 0 Å². The Morgan fingerprint density at radius 2 is 2.11 bits per heavy atom. The van der Waals surface area contributed by atoms with Crippen molar-refractivity contribution in [1.82, 2.24) is 4.90 Å². The maximum Gasteiger partial charge on any atom is 0.119 e. The average Bonchev–Trinajstić information content (AvgIpc) is 2.45. The fraction of sp³-hybridized carbons (Fsp3) is 0.647. The minimum Gasteiger partial charge on any atom is -0.493 e. The molecule has 1 aliphatic heterocycles. The van der Waals surface area contributed by atoms with Crippen LogP contribution in [0.4, 0.5) is 0 Å². The molecule has 1 aromatic carbocycles. The first-order chi connectivity index (χ1) is 9.22. The minimum absolute atomic E-state index is 0.635. The summed E-state index contributed by atoms with van der Waals surface area (Å²) < 4.78 is 5.89. The molecule has 1 atom stereocenters. The van der Waals surface area contributed by atoms with E-state index in [9.17, 15) is 0 Å². The van der Waals surface area contributed by atoms with E-state index in [1.54, 1.807) is 0 Å². The number of benzene rings is 1. The number of hydrogen-bond donors (Lipinski definition) is 0. The molecular formula is C17H27NO. The molecule has 2 heteroatoms. The second-order valence-electron chi connectivity index (χ2n) is 5.78. The Hall–Kier alpha value is -1.02. The lowest BCUT2D eigenvalue weighted by atomic mass is 9.99. The monoisotopic (exact) mass is 261 g/mol. The van der Waals surface area contributed by atoms with Gasteiger partial charge in [-0.25, -0.2) is 0 Å². The van der Waals surface area contributed by atoms with Crippen molar-refractivity contribution < 1.29 is 4.74 Å². The maximum absolute atomic E-state index is 5.89. The molecule has 0 aliphatic carbocycles. The Morgan fingerprint density at radius 1 is 1.26 bits per heavy atom. The van der Waals surface area contributed by atoms with Gasteiger partial charge in [0.2, 0.25) is 0 Å². The molecule has 0 spiro atoms. The van der Waals surface area contributed by atoms with Crippen LogP contribution in [0.1, 0.15) is 44.7 Å². The first kappa shape index (κ1) is 14.4. The second-order valence-corrected chi connectivity index (χ2v) is 5.78. The molecule has 0 saturated carbocycles. The topological polar surface area (TPSA) is 12.5 Å². The quantitative estimate of drug-likeness (QED) is 0.770. The van der Waals surface area contributed by atoms with Gasteiger partial charge >= 0.3 is 0 Å². The molecule has 1 heterocycles. The molecule has 1 aliphatic rings. The molecule has 106 valence electrons. The lowest BCUT2D eigenvalue weighted by molar-refractivity contribution is 0.248. The van der Waals surface area contributed by atoms with Crippen LogP contribution in [0.15, 0.2) is 18.2 Å². The van der Waals surface area contributed by atoms with E-state index in [4.69, 9.17) is 4.74 Å². The van der Waals surface area contributed by atoms with Crippen molar-refractivity contribution in [3.63, 3.8) is 0 Å². The van der Waals surface area contributed by atoms with Crippen molar-refractivity contribution in [3.8, 4) is 5.75 Å². The molecule has 0 N–H and O–H groups in total. The van der Waals surface area contributed by atoms with Crippen LogP contribution in [-0.4, -0.2) is 24.6 Å². The second kappa shape index (κ2) is 6.95. The van der Waals surface area contributed by atoms with Crippen LogP contribution >= 0.6 is 0 Å². The van der Waals surface area contributed by atoms with Gasteiger partial charge in [0.05, 0.1) is 6.61 Å². The van der Waals surface area contributed by atoms with Gasteiger partial charge in [-0.2, -0.15) is 0 Å². The van der Waals surface area contributed by atoms with Gasteiger partial charge in [0.25, 0.3) is 0 Å². The molecule has 0 radical (unpaired) electrons. The SMILES string of the molecule is CCCN1CCc2cc(OC[C@@H](C)CC)ccc2C1. The summed E-state index contributed by atoms with van der Waals surface area (Å²) >= 11 is 0. The average molecular weight is 261 g/mol.